The lowest BCUT2D eigenvalue weighted by Gasteiger charge is -2.48. The Morgan fingerprint density at radius 2 is 1.63 bits per heavy atom. The van der Waals surface area contributed by atoms with Gasteiger partial charge in [0.05, 0.1) is 53.7 Å². The number of methoxy groups -OCH3 is 1. The van der Waals surface area contributed by atoms with E-state index in [1.54, 1.807) is 27.9 Å². The quantitative estimate of drug-likeness (QED) is 0.345. The van der Waals surface area contributed by atoms with Crippen LogP contribution in [0.2, 0.25) is 0 Å². The number of aliphatic hydroxyl groups is 3. The van der Waals surface area contributed by atoms with Crippen LogP contribution in [0.25, 0.3) is 0 Å². The molecule has 12 nitrogen and oxygen atoms in total. The Hall–Kier alpha value is -0.930. The molecule has 4 aliphatic heterocycles. The van der Waals surface area contributed by atoms with Gasteiger partial charge in [-0.05, 0) is 74.4 Å². The largest absolute Gasteiger partial charge is 0.459 e. The first-order valence-corrected chi connectivity index (χ1v) is 17.1. The maximum Gasteiger partial charge on any atom is 0.311 e. The summed E-state index contributed by atoms with van der Waals surface area (Å²) in [7, 11) is 5.40. The fourth-order valence-electron chi connectivity index (χ4n) is 8.51. The first-order valence-electron chi connectivity index (χ1n) is 17.1. The van der Waals surface area contributed by atoms with Crippen molar-refractivity contribution in [2.75, 3.05) is 21.2 Å². The van der Waals surface area contributed by atoms with Gasteiger partial charge in [0.25, 0.3) is 0 Å². The maximum absolute atomic E-state index is 13.9. The molecule has 0 aromatic heterocycles. The number of aliphatic hydroxyl groups excluding tert-OH is 3. The number of carbonyl (C=O) groups excluding carboxylic acids is 1. The molecule has 0 aromatic rings. The molecule has 4 saturated heterocycles. The second kappa shape index (κ2) is 14.5. The van der Waals surface area contributed by atoms with Crippen molar-refractivity contribution in [3.05, 3.63) is 0 Å². The average molecular weight is 660 g/mol. The minimum atomic E-state index is -0.952. The number of ether oxygens (including phenoxy) is 7. The Morgan fingerprint density at radius 1 is 0.978 bits per heavy atom. The third kappa shape index (κ3) is 7.46. The van der Waals surface area contributed by atoms with Crippen LogP contribution in [0.4, 0.5) is 0 Å². The molecule has 0 saturated carbocycles. The number of esters is 1. The topological polar surface area (TPSA) is 146 Å². The van der Waals surface area contributed by atoms with Crippen molar-refractivity contribution >= 4 is 5.97 Å². The summed E-state index contributed by atoms with van der Waals surface area (Å²) >= 11 is 0. The van der Waals surface area contributed by atoms with Gasteiger partial charge in [-0.2, -0.15) is 0 Å². The normalized spacial score (nSPS) is 51.4. The van der Waals surface area contributed by atoms with Crippen LogP contribution >= 0.6 is 0 Å². The SMILES string of the molecule is COC1(C)C[C@H](O[C@H]2[C@H](C)[C@@H](O[C@@H]3OC(C)CC(N(C)C)C3O)[C@@]3(C)CC(C)C(O3)[C@H](C)[C@H](C(C)O)OC(=O)[C@@H]2C)OC(C)[C@@H]1O. The summed E-state index contributed by atoms with van der Waals surface area (Å²) in [6.07, 6.45) is -6.41. The summed E-state index contributed by atoms with van der Waals surface area (Å²) in [6, 6.07) is -0.182. The van der Waals surface area contributed by atoms with E-state index < -0.39 is 84.3 Å². The number of nitrogens with zero attached hydrogens (tertiary/aromatic N) is 1. The zero-order valence-electron chi connectivity index (χ0n) is 29.9. The van der Waals surface area contributed by atoms with Crippen LogP contribution in [0.1, 0.15) is 81.6 Å². The lowest BCUT2D eigenvalue weighted by atomic mass is 9.77. The summed E-state index contributed by atoms with van der Waals surface area (Å²) in [4.78, 5) is 15.9. The van der Waals surface area contributed by atoms with Crippen LogP contribution in [-0.4, -0.2) is 132 Å². The highest BCUT2D eigenvalue weighted by Crippen LogP contribution is 2.47. The third-order valence-corrected chi connectivity index (χ3v) is 11.3. The zero-order chi connectivity index (χ0) is 34.5. The second-order valence-corrected chi connectivity index (χ2v) is 15.4. The summed E-state index contributed by atoms with van der Waals surface area (Å²) in [5, 5.41) is 33.1. The van der Waals surface area contributed by atoms with E-state index in [1.807, 2.05) is 53.6 Å². The molecule has 0 radical (unpaired) electrons. The van der Waals surface area contributed by atoms with Gasteiger partial charge < -0.3 is 53.4 Å². The van der Waals surface area contributed by atoms with Crippen molar-refractivity contribution in [2.45, 2.75) is 166 Å². The van der Waals surface area contributed by atoms with E-state index in [0.29, 0.717) is 12.8 Å². The van der Waals surface area contributed by atoms with Gasteiger partial charge in [0.2, 0.25) is 0 Å². The van der Waals surface area contributed by atoms with Crippen LogP contribution < -0.4 is 0 Å². The fraction of sp³-hybridized carbons (Fsp3) is 0.971. The molecule has 4 rings (SSSR count). The van der Waals surface area contributed by atoms with Gasteiger partial charge in [-0.15, -0.1) is 0 Å². The number of rotatable bonds is 7. The van der Waals surface area contributed by atoms with Crippen LogP contribution in [-0.2, 0) is 38.0 Å². The first-order chi connectivity index (χ1) is 21.3. The van der Waals surface area contributed by atoms with Crippen molar-refractivity contribution < 1.29 is 53.3 Å². The smallest absolute Gasteiger partial charge is 0.311 e. The molecule has 3 N–H and O–H groups in total. The lowest BCUT2D eigenvalue weighted by molar-refractivity contribution is -0.318. The average Bonchev–Trinajstić information content (AvgIpc) is 3.29. The molecule has 0 aromatic carbocycles. The predicted octanol–water partition coefficient (Wildman–Crippen LogP) is 2.48. The summed E-state index contributed by atoms with van der Waals surface area (Å²) in [6.45, 7) is 16.9. The number of fused-ring (bicyclic) bond motifs is 2. The van der Waals surface area contributed by atoms with Crippen molar-refractivity contribution in [2.24, 2.45) is 23.7 Å². The number of hydrogen-bond acceptors (Lipinski definition) is 12. The van der Waals surface area contributed by atoms with Gasteiger partial charge in [-0.1, -0.05) is 20.8 Å². The summed E-state index contributed by atoms with van der Waals surface area (Å²) in [5.41, 5.74) is -1.81. The van der Waals surface area contributed by atoms with E-state index in [9.17, 15) is 20.1 Å². The van der Waals surface area contributed by atoms with Gasteiger partial charge in [-0.3, -0.25) is 4.79 Å². The Kier molecular flexibility index (Phi) is 11.9. The van der Waals surface area contributed by atoms with Gasteiger partial charge in [0.1, 0.15) is 18.3 Å². The van der Waals surface area contributed by atoms with Crippen molar-refractivity contribution in [1.82, 2.24) is 4.90 Å². The Labute approximate surface area is 275 Å². The number of hydrogen-bond donors (Lipinski definition) is 3. The Balaban J connectivity index is 1.78. The maximum atomic E-state index is 13.9. The highest BCUT2D eigenvalue weighted by molar-refractivity contribution is 5.73. The monoisotopic (exact) mass is 659 g/mol. The first kappa shape index (κ1) is 37.9. The second-order valence-electron chi connectivity index (χ2n) is 15.4. The molecule has 2 bridgehead atoms. The van der Waals surface area contributed by atoms with Gasteiger partial charge >= 0.3 is 5.97 Å². The molecule has 4 heterocycles. The van der Waals surface area contributed by atoms with E-state index >= 15 is 0 Å². The Morgan fingerprint density at radius 3 is 2.22 bits per heavy atom. The highest BCUT2D eigenvalue weighted by atomic mass is 16.7. The molecule has 12 heteroatoms. The van der Waals surface area contributed by atoms with E-state index in [1.165, 1.54) is 0 Å². The van der Waals surface area contributed by atoms with Crippen LogP contribution in [0.15, 0.2) is 0 Å². The van der Waals surface area contributed by atoms with Crippen molar-refractivity contribution in [1.29, 1.82) is 0 Å². The summed E-state index contributed by atoms with van der Waals surface area (Å²) in [5.74, 6) is -2.09. The molecule has 0 spiro atoms. The molecular weight excluding hydrogens is 598 g/mol. The van der Waals surface area contributed by atoms with Crippen LogP contribution in [0.5, 0.6) is 0 Å². The molecular formula is C34H61NO11. The fourth-order valence-corrected chi connectivity index (χ4v) is 8.51. The lowest BCUT2D eigenvalue weighted by Crippen LogP contribution is -2.60. The number of carbonyl (C=O) groups is 1. The van der Waals surface area contributed by atoms with Crippen LogP contribution in [0, 0.1) is 23.7 Å². The number of cyclic esters (lactones) is 1. The molecule has 46 heavy (non-hydrogen) atoms. The molecule has 0 aliphatic carbocycles. The van der Waals surface area contributed by atoms with Gasteiger partial charge in [0.15, 0.2) is 12.6 Å². The van der Waals surface area contributed by atoms with Crippen molar-refractivity contribution in [3.8, 4) is 0 Å². The molecule has 268 valence electrons. The number of likely N-dealkylation sites (N-methyl/N-ethyl adjacent to an activating group) is 1. The highest BCUT2D eigenvalue weighted by Gasteiger charge is 2.57. The van der Waals surface area contributed by atoms with Gasteiger partial charge in [0, 0.05) is 31.4 Å². The van der Waals surface area contributed by atoms with E-state index in [2.05, 4.69) is 6.92 Å². The third-order valence-electron chi connectivity index (χ3n) is 11.3. The molecule has 18 atom stereocenters. The van der Waals surface area contributed by atoms with E-state index in [-0.39, 0.29) is 36.5 Å². The minimum Gasteiger partial charge on any atom is -0.459 e. The molecule has 4 fully saturated rings. The molecule has 8 unspecified atom stereocenters. The molecule has 4 aliphatic rings. The Bertz CT molecular complexity index is 1030. The summed E-state index contributed by atoms with van der Waals surface area (Å²) < 4.78 is 44.7. The minimum absolute atomic E-state index is 0.0477. The molecule has 0 amide bonds. The van der Waals surface area contributed by atoms with Crippen LogP contribution in [0.3, 0.4) is 0 Å². The standard InChI is InChI=1S/C34H61NO11/c1-16-14-34(9)30(45-32-25(37)23(35(10)11)13-17(2)41-32)19(4)27(43-24-15-33(8,40-12)29(38)22(7)42-24)20(5)31(39)44-28(21(6)36)18(3)26(16)46-34/h16-30,32,36-38H,13-15H2,1-12H3/t16?,17?,18-,19-,20+,21?,22?,23?,24-,25?,26?,27-,28+,29-,30+,32-,33?,34+/m0/s1. The zero-order valence-corrected chi connectivity index (χ0v) is 29.9. The van der Waals surface area contributed by atoms with E-state index in [4.69, 9.17) is 33.2 Å². The van der Waals surface area contributed by atoms with E-state index in [0.717, 1.165) is 0 Å². The predicted molar refractivity (Wildman–Crippen MR) is 169 cm³/mol. The van der Waals surface area contributed by atoms with Gasteiger partial charge in [-0.25, -0.2) is 0 Å². The van der Waals surface area contributed by atoms with Crippen molar-refractivity contribution in [3.63, 3.8) is 0 Å².